The fourth-order valence-electron chi connectivity index (χ4n) is 8.50. The summed E-state index contributed by atoms with van der Waals surface area (Å²) < 4.78 is 50.3. The van der Waals surface area contributed by atoms with Gasteiger partial charge in [0, 0.05) is 32.7 Å². The van der Waals surface area contributed by atoms with Gasteiger partial charge in [0.1, 0.15) is 0 Å². The molecule has 0 spiro atoms. The number of nitriles is 1. The summed E-state index contributed by atoms with van der Waals surface area (Å²) in [6.45, 7) is 8.27. The van der Waals surface area contributed by atoms with Crippen LogP contribution in [0.5, 0.6) is 0 Å². The first kappa shape index (κ1) is 34.6. The molecule has 0 amide bonds. The van der Waals surface area contributed by atoms with Crippen molar-refractivity contribution in [1.29, 1.82) is 5.26 Å². The molecule has 8 aromatic carbocycles. The fourth-order valence-corrected chi connectivity index (χ4v) is 8.50. The van der Waals surface area contributed by atoms with Gasteiger partial charge in [-0.25, -0.2) is 4.85 Å². The van der Waals surface area contributed by atoms with Crippen LogP contribution >= 0.6 is 0 Å². The summed E-state index contributed by atoms with van der Waals surface area (Å²) in [6, 6.07) is 57.0. The third kappa shape index (κ3) is 5.44. The summed E-state index contributed by atoms with van der Waals surface area (Å²) in [5.41, 5.74) is 6.53. The van der Waals surface area contributed by atoms with Crippen molar-refractivity contribution in [2.24, 2.45) is 0 Å². The minimum atomic E-state index is -4.82. The number of alkyl halides is 3. The van der Waals surface area contributed by atoms with Crippen molar-refractivity contribution in [2.75, 3.05) is 0 Å². The van der Waals surface area contributed by atoms with Crippen LogP contribution in [0.2, 0.25) is 0 Å². The van der Waals surface area contributed by atoms with E-state index >= 15 is 13.2 Å². The molecule has 7 heteroatoms. The molecule has 2 aromatic heterocycles. The highest BCUT2D eigenvalue weighted by atomic mass is 19.4. The van der Waals surface area contributed by atoms with E-state index in [1.165, 1.54) is 12.1 Å². The Morgan fingerprint density at radius 1 is 0.466 bits per heavy atom. The maximum Gasteiger partial charge on any atom is 0.415 e. The second-order valence-electron chi connectivity index (χ2n) is 14.2. The largest absolute Gasteiger partial charge is 0.415 e. The monoisotopic (exact) mass is 754 g/mol. The topological polar surface area (TPSA) is 38.0 Å². The third-order valence-corrected chi connectivity index (χ3v) is 11.0. The number of hydrogen-bond donors (Lipinski definition) is 0. The van der Waals surface area contributed by atoms with Crippen molar-refractivity contribution in [3.8, 4) is 50.8 Å². The van der Waals surface area contributed by atoms with E-state index in [1.54, 1.807) is 12.1 Å². The van der Waals surface area contributed by atoms with Crippen LogP contribution in [0.3, 0.4) is 0 Å². The molecule has 4 nitrogen and oxygen atoms in total. The quantitative estimate of drug-likeness (QED) is 0.161. The smallest absolute Gasteiger partial charge is 0.309 e. The molecule has 0 atom stereocenters. The zero-order valence-corrected chi connectivity index (χ0v) is 30.7. The Labute approximate surface area is 331 Å². The SMILES string of the molecule is [C-]#[N+]c1cccc(C(F)(F)F)c1-c1c(-n2c3ccccc3c3ccc(-c4ccccc4)cc32)cc(C#N)cc1-n1c2ccccc2c2ccc(-c3ccccc3)cc21. The summed E-state index contributed by atoms with van der Waals surface area (Å²) in [5, 5.41) is 14.3. The van der Waals surface area contributed by atoms with Gasteiger partial charge in [0.15, 0.2) is 5.69 Å². The first-order valence-electron chi connectivity index (χ1n) is 18.7. The lowest BCUT2D eigenvalue weighted by Crippen LogP contribution is -2.11. The van der Waals surface area contributed by atoms with Crippen LogP contribution in [-0.4, -0.2) is 9.13 Å². The summed E-state index contributed by atoms with van der Waals surface area (Å²) in [6.07, 6.45) is -4.82. The maximum atomic E-state index is 15.5. The summed E-state index contributed by atoms with van der Waals surface area (Å²) in [4.78, 5) is 3.73. The van der Waals surface area contributed by atoms with Crippen molar-refractivity contribution in [2.45, 2.75) is 6.18 Å². The molecule has 10 aromatic rings. The average Bonchev–Trinajstić information content (AvgIpc) is 3.78. The van der Waals surface area contributed by atoms with Crippen LogP contribution in [0, 0.1) is 17.9 Å². The average molecular weight is 755 g/mol. The van der Waals surface area contributed by atoms with Gasteiger partial charge in [0.25, 0.3) is 0 Å². The van der Waals surface area contributed by atoms with E-state index in [2.05, 4.69) is 10.9 Å². The van der Waals surface area contributed by atoms with E-state index < -0.39 is 11.7 Å². The first-order valence-corrected chi connectivity index (χ1v) is 18.7. The molecule has 2 heterocycles. The lowest BCUT2D eigenvalue weighted by molar-refractivity contribution is -0.137. The van der Waals surface area contributed by atoms with Crippen LogP contribution in [0.25, 0.3) is 93.2 Å². The van der Waals surface area contributed by atoms with Gasteiger partial charge < -0.3 is 9.13 Å². The highest BCUT2D eigenvalue weighted by Crippen LogP contribution is 2.50. The van der Waals surface area contributed by atoms with Gasteiger partial charge >= 0.3 is 6.18 Å². The number of aromatic nitrogens is 2. The van der Waals surface area contributed by atoms with E-state index in [0.29, 0.717) is 11.4 Å². The van der Waals surface area contributed by atoms with Crippen molar-refractivity contribution in [3.63, 3.8) is 0 Å². The van der Waals surface area contributed by atoms with Crippen LogP contribution in [0.1, 0.15) is 11.1 Å². The summed E-state index contributed by atoms with van der Waals surface area (Å²) >= 11 is 0. The molecule has 0 aliphatic carbocycles. The van der Waals surface area contributed by atoms with E-state index in [9.17, 15) is 5.26 Å². The lowest BCUT2D eigenvalue weighted by atomic mass is 9.92. The van der Waals surface area contributed by atoms with Crippen LogP contribution in [0.15, 0.2) is 176 Å². The maximum absolute atomic E-state index is 15.5. The van der Waals surface area contributed by atoms with E-state index in [0.717, 1.165) is 71.9 Å². The minimum absolute atomic E-state index is 0.154. The Kier molecular flexibility index (Phi) is 8.00. The molecule has 0 aliphatic heterocycles. The third-order valence-electron chi connectivity index (χ3n) is 11.0. The van der Waals surface area contributed by atoms with Gasteiger partial charge in [-0.3, -0.25) is 0 Å². The Bertz CT molecular complexity index is 3160. The normalized spacial score (nSPS) is 11.7. The number of nitrogens with zero attached hydrogens (tertiary/aromatic N) is 4. The molecule has 0 N–H and O–H groups in total. The molecule has 0 fully saturated rings. The molecule has 0 unspecified atom stereocenters. The Morgan fingerprint density at radius 2 is 0.931 bits per heavy atom. The van der Waals surface area contributed by atoms with Crippen LogP contribution in [-0.2, 0) is 6.18 Å². The lowest BCUT2D eigenvalue weighted by Gasteiger charge is -2.24. The first-order chi connectivity index (χ1) is 28.3. The van der Waals surface area contributed by atoms with E-state index in [-0.39, 0.29) is 22.4 Å². The van der Waals surface area contributed by atoms with E-state index in [4.69, 9.17) is 6.57 Å². The van der Waals surface area contributed by atoms with Crippen LogP contribution < -0.4 is 0 Å². The Balaban J connectivity index is 1.43. The zero-order valence-electron chi connectivity index (χ0n) is 30.7. The van der Waals surface area contributed by atoms with Crippen molar-refractivity contribution in [1.82, 2.24) is 9.13 Å². The number of fused-ring (bicyclic) bond motifs is 6. The molecule has 0 aliphatic rings. The van der Waals surface area contributed by atoms with Crippen molar-refractivity contribution < 1.29 is 13.2 Å². The second-order valence-corrected chi connectivity index (χ2v) is 14.2. The van der Waals surface area contributed by atoms with Crippen molar-refractivity contribution in [3.05, 3.63) is 198 Å². The molecular weight excluding hydrogens is 726 g/mol. The highest BCUT2D eigenvalue weighted by Gasteiger charge is 2.37. The highest BCUT2D eigenvalue weighted by molar-refractivity contribution is 6.13. The zero-order chi connectivity index (χ0) is 39.5. The van der Waals surface area contributed by atoms with Gasteiger partial charge in [-0.15, -0.1) is 0 Å². The number of benzene rings is 8. The van der Waals surface area contributed by atoms with Gasteiger partial charge in [0.2, 0.25) is 0 Å². The molecule has 10 rings (SSSR count). The van der Waals surface area contributed by atoms with Gasteiger partial charge in [0.05, 0.1) is 57.2 Å². The predicted molar refractivity (Wildman–Crippen MR) is 227 cm³/mol. The summed E-state index contributed by atoms with van der Waals surface area (Å²) in [7, 11) is 0. The second kappa shape index (κ2) is 13.4. The van der Waals surface area contributed by atoms with Crippen molar-refractivity contribution >= 4 is 49.3 Å². The number of hydrogen-bond acceptors (Lipinski definition) is 1. The summed E-state index contributed by atoms with van der Waals surface area (Å²) in [5.74, 6) is 0. The molecule has 0 radical (unpaired) electrons. The molecule has 0 saturated carbocycles. The molecule has 274 valence electrons. The Morgan fingerprint density at radius 3 is 1.40 bits per heavy atom. The number of halogens is 3. The van der Waals surface area contributed by atoms with Gasteiger partial charge in [-0.2, -0.15) is 18.4 Å². The number of para-hydroxylation sites is 2. The standard InChI is InChI=1S/C51H29F3N4/c1-56-42-20-12-19-41(51(52,53)54)49(42)50-47(57-43-21-10-8-17-37(43)39-25-23-35(29-45(39)57)33-13-4-2-5-14-33)27-32(31-55)28-48(50)58-44-22-11-9-18-38(44)40-26-24-36(30-46(40)58)34-15-6-3-7-16-34/h2-30H. The minimum Gasteiger partial charge on any atom is -0.309 e. The van der Waals surface area contributed by atoms with Gasteiger partial charge in [-0.05, 0) is 58.7 Å². The molecule has 0 bridgehead atoms. The fraction of sp³-hybridized carbons (Fsp3) is 0.0196. The Hall–Kier alpha value is -7.87. The molecular formula is C51H29F3N4. The molecule has 0 saturated heterocycles. The van der Waals surface area contributed by atoms with Gasteiger partial charge in [-0.1, -0.05) is 140 Å². The number of rotatable bonds is 5. The van der Waals surface area contributed by atoms with Crippen LogP contribution in [0.4, 0.5) is 18.9 Å². The van der Waals surface area contributed by atoms with E-state index in [1.807, 2.05) is 155 Å². The molecule has 58 heavy (non-hydrogen) atoms. The predicted octanol–water partition coefficient (Wildman–Crippen LogP) is 14.3.